The minimum Gasteiger partial charge on any atom is -0.496 e. The minimum atomic E-state index is -0.275. The van der Waals surface area contributed by atoms with E-state index in [2.05, 4.69) is 12.1 Å². The third-order valence-corrected chi connectivity index (χ3v) is 7.11. The van der Waals surface area contributed by atoms with Gasteiger partial charge in [-0.15, -0.1) is 0 Å². The number of carbonyl (C=O) groups excluding carboxylic acids is 2. The van der Waals surface area contributed by atoms with Gasteiger partial charge in [0.1, 0.15) is 23.7 Å². The predicted octanol–water partition coefficient (Wildman–Crippen LogP) is 6.20. The van der Waals surface area contributed by atoms with Crippen molar-refractivity contribution in [1.82, 2.24) is 0 Å². The van der Waals surface area contributed by atoms with Crippen LogP contribution in [0.4, 0.5) is 0 Å². The molecule has 0 bridgehead atoms. The maximum atomic E-state index is 11.8. The Morgan fingerprint density at radius 3 is 1.38 bits per heavy atom. The third-order valence-electron chi connectivity index (χ3n) is 7.11. The van der Waals surface area contributed by atoms with Crippen LogP contribution in [-0.2, 0) is 36.6 Å². The number of methoxy groups -OCH3 is 2. The van der Waals surface area contributed by atoms with E-state index < -0.39 is 0 Å². The van der Waals surface area contributed by atoms with Gasteiger partial charge in [0.25, 0.3) is 0 Å². The lowest BCUT2D eigenvalue weighted by Crippen LogP contribution is -2.29. The molecule has 0 aromatic heterocycles. The van der Waals surface area contributed by atoms with Crippen molar-refractivity contribution in [3.05, 3.63) is 59.7 Å². The van der Waals surface area contributed by atoms with E-state index >= 15 is 0 Å². The third kappa shape index (κ3) is 10.9. The molecule has 0 fully saturated rings. The zero-order valence-electron chi connectivity index (χ0n) is 24.4. The second kappa shape index (κ2) is 17.5. The normalized spacial score (nSPS) is 14.1. The number of benzene rings is 2. The molecule has 0 aliphatic carbocycles. The van der Waals surface area contributed by atoms with Gasteiger partial charge >= 0.3 is 11.9 Å². The van der Waals surface area contributed by atoms with E-state index in [4.69, 9.17) is 23.7 Å². The molecule has 0 amide bonds. The first kappa shape index (κ1) is 32.2. The van der Waals surface area contributed by atoms with Gasteiger partial charge in [-0.05, 0) is 61.8 Å². The Bertz CT molecular complexity index is 926. The lowest BCUT2D eigenvalue weighted by atomic mass is 9.89. The minimum absolute atomic E-state index is 0.0870. The van der Waals surface area contributed by atoms with Crippen LogP contribution in [0.5, 0.6) is 11.5 Å². The number of ether oxygens (including phenoxy) is 5. The highest BCUT2D eigenvalue weighted by atomic mass is 16.5. The molecule has 7 heteroatoms. The zero-order valence-corrected chi connectivity index (χ0v) is 24.4. The molecule has 2 aromatic carbocycles. The number of carbonyl (C=O) groups is 2. The molecule has 2 rings (SSSR count). The Labute approximate surface area is 234 Å². The summed E-state index contributed by atoms with van der Waals surface area (Å²) in [6.07, 6.45) is 3.96. The molecule has 39 heavy (non-hydrogen) atoms. The zero-order chi connectivity index (χ0) is 28.6. The summed E-state index contributed by atoms with van der Waals surface area (Å²) in [7, 11) is 3.34. The van der Waals surface area contributed by atoms with Gasteiger partial charge in [0.05, 0.1) is 14.2 Å². The molecule has 0 heterocycles. The van der Waals surface area contributed by atoms with Gasteiger partial charge in [-0.2, -0.15) is 0 Å². The fourth-order valence-electron chi connectivity index (χ4n) is 5.17. The molecule has 0 radical (unpaired) electrons. The Balaban J connectivity index is 2.06. The number of esters is 2. The highest BCUT2D eigenvalue weighted by molar-refractivity contribution is 5.66. The van der Waals surface area contributed by atoms with Crippen molar-refractivity contribution in [3.8, 4) is 11.5 Å². The summed E-state index contributed by atoms with van der Waals surface area (Å²) in [6.45, 7) is 8.04. The summed E-state index contributed by atoms with van der Waals surface area (Å²) in [5, 5.41) is 0. The Morgan fingerprint density at radius 2 is 1.05 bits per heavy atom. The maximum absolute atomic E-state index is 11.8. The van der Waals surface area contributed by atoms with E-state index in [1.165, 1.54) is 13.8 Å². The summed E-state index contributed by atoms with van der Waals surface area (Å²) in [5.74, 6) is 1.28. The first-order valence-electron chi connectivity index (χ1n) is 14.0. The van der Waals surface area contributed by atoms with E-state index in [1.54, 1.807) is 14.2 Å². The number of para-hydroxylation sites is 2. The lowest BCUT2D eigenvalue weighted by molar-refractivity contribution is -0.150. The summed E-state index contributed by atoms with van der Waals surface area (Å²) in [4.78, 5) is 23.6. The highest BCUT2D eigenvalue weighted by Gasteiger charge is 2.26. The van der Waals surface area contributed by atoms with E-state index in [0.29, 0.717) is 13.2 Å². The van der Waals surface area contributed by atoms with Crippen LogP contribution in [0, 0.1) is 11.8 Å². The van der Waals surface area contributed by atoms with Gasteiger partial charge in [-0.25, -0.2) is 0 Å². The SMILES string of the molecule is CCC(OC(C)=O)C(CCOCCC(Cc1ccccc1OC)C(CC)OC(C)=O)Cc1ccccc1OC. The van der Waals surface area contributed by atoms with Crippen molar-refractivity contribution in [1.29, 1.82) is 0 Å². The average molecular weight is 543 g/mol. The second-order valence-corrected chi connectivity index (χ2v) is 9.85. The van der Waals surface area contributed by atoms with E-state index in [1.807, 2.05) is 50.2 Å². The molecule has 0 spiro atoms. The van der Waals surface area contributed by atoms with Crippen LogP contribution in [0.2, 0.25) is 0 Å². The molecule has 0 saturated heterocycles. The molecule has 2 aromatic rings. The molecule has 216 valence electrons. The van der Waals surface area contributed by atoms with Gasteiger partial charge in [0, 0.05) is 38.9 Å². The molecule has 7 nitrogen and oxygen atoms in total. The van der Waals surface area contributed by atoms with Crippen LogP contribution in [0.1, 0.15) is 64.5 Å². The van der Waals surface area contributed by atoms with Gasteiger partial charge in [-0.3, -0.25) is 9.59 Å². The monoisotopic (exact) mass is 542 g/mol. The Hall–Kier alpha value is -3.06. The number of hydrogen-bond donors (Lipinski definition) is 0. The van der Waals surface area contributed by atoms with Crippen molar-refractivity contribution < 1.29 is 33.3 Å². The van der Waals surface area contributed by atoms with E-state index in [0.717, 1.165) is 61.2 Å². The number of hydrogen-bond acceptors (Lipinski definition) is 7. The standard InChI is InChI=1S/C32H46O7/c1-7-29(38-23(3)33)27(21-25-13-9-11-15-31(25)35-5)17-19-37-20-18-28(30(8-2)39-24(4)34)22-26-14-10-12-16-32(26)36-6/h9-16,27-30H,7-8,17-22H2,1-6H3. The van der Waals surface area contributed by atoms with Gasteiger partial charge in [0.15, 0.2) is 0 Å². The molecule has 0 N–H and O–H groups in total. The van der Waals surface area contributed by atoms with Crippen molar-refractivity contribution in [2.75, 3.05) is 27.4 Å². The predicted molar refractivity (Wildman–Crippen MR) is 152 cm³/mol. The largest absolute Gasteiger partial charge is 0.496 e. The molecule has 0 aliphatic rings. The molecule has 4 atom stereocenters. The fourth-order valence-corrected chi connectivity index (χ4v) is 5.17. The molecular formula is C32H46O7. The van der Waals surface area contributed by atoms with E-state index in [-0.39, 0.29) is 36.0 Å². The van der Waals surface area contributed by atoms with Gasteiger partial charge in [0.2, 0.25) is 0 Å². The van der Waals surface area contributed by atoms with E-state index in [9.17, 15) is 9.59 Å². The maximum Gasteiger partial charge on any atom is 0.302 e. The molecule has 4 unspecified atom stereocenters. The van der Waals surface area contributed by atoms with Crippen molar-refractivity contribution in [2.24, 2.45) is 11.8 Å². The molecular weight excluding hydrogens is 496 g/mol. The Kier molecular flexibility index (Phi) is 14.4. The lowest BCUT2D eigenvalue weighted by Gasteiger charge is -2.28. The van der Waals surface area contributed by atoms with Crippen molar-refractivity contribution in [2.45, 2.75) is 78.4 Å². The Morgan fingerprint density at radius 1 is 0.667 bits per heavy atom. The van der Waals surface area contributed by atoms with Gasteiger partial charge < -0.3 is 23.7 Å². The van der Waals surface area contributed by atoms with Crippen LogP contribution in [0.15, 0.2) is 48.5 Å². The summed E-state index contributed by atoms with van der Waals surface area (Å²) in [6, 6.07) is 15.9. The van der Waals surface area contributed by atoms with Crippen LogP contribution in [0.25, 0.3) is 0 Å². The fraction of sp³-hybridized carbons (Fsp3) is 0.562. The molecule has 0 aliphatic heterocycles. The average Bonchev–Trinajstić information content (AvgIpc) is 2.93. The first-order valence-corrected chi connectivity index (χ1v) is 14.0. The molecule has 0 saturated carbocycles. The second-order valence-electron chi connectivity index (χ2n) is 9.85. The van der Waals surface area contributed by atoms with Crippen LogP contribution in [0.3, 0.4) is 0 Å². The number of rotatable bonds is 18. The van der Waals surface area contributed by atoms with Crippen molar-refractivity contribution >= 4 is 11.9 Å². The summed E-state index contributed by atoms with van der Waals surface area (Å²) >= 11 is 0. The highest BCUT2D eigenvalue weighted by Crippen LogP contribution is 2.29. The van der Waals surface area contributed by atoms with Crippen molar-refractivity contribution in [3.63, 3.8) is 0 Å². The topological polar surface area (TPSA) is 80.3 Å². The first-order chi connectivity index (χ1) is 18.8. The summed E-state index contributed by atoms with van der Waals surface area (Å²) in [5.41, 5.74) is 2.17. The smallest absolute Gasteiger partial charge is 0.302 e. The van der Waals surface area contributed by atoms with Crippen LogP contribution < -0.4 is 9.47 Å². The van der Waals surface area contributed by atoms with Crippen LogP contribution >= 0.6 is 0 Å². The quantitative estimate of drug-likeness (QED) is 0.164. The van der Waals surface area contributed by atoms with Gasteiger partial charge in [-0.1, -0.05) is 50.2 Å². The van der Waals surface area contributed by atoms with Crippen LogP contribution in [-0.4, -0.2) is 51.6 Å². The summed E-state index contributed by atoms with van der Waals surface area (Å²) < 4.78 is 28.6.